The zero-order valence-electron chi connectivity index (χ0n) is 12.1. The van der Waals surface area contributed by atoms with E-state index < -0.39 is 0 Å². The lowest BCUT2D eigenvalue weighted by atomic mass is 10.1. The summed E-state index contributed by atoms with van der Waals surface area (Å²) < 4.78 is 1.94. The van der Waals surface area contributed by atoms with Gasteiger partial charge in [-0.2, -0.15) is 0 Å². The number of likely N-dealkylation sites (N-methyl/N-ethyl adjacent to an activating group) is 1. The van der Waals surface area contributed by atoms with Gasteiger partial charge in [-0.05, 0) is 38.9 Å². The quantitative estimate of drug-likeness (QED) is 0.829. The van der Waals surface area contributed by atoms with Crippen molar-refractivity contribution in [2.45, 2.75) is 27.2 Å². The molecule has 0 radical (unpaired) electrons. The van der Waals surface area contributed by atoms with Gasteiger partial charge in [0.2, 0.25) is 0 Å². The minimum Gasteiger partial charge on any atom is -0.331 e. The Morgan fingerprint density at radius 1 is 1.21 bits per heavy atom. The molecule has 0 aliphatic rings. The Hall–Kier alpha value is -1.75. The van der Waals surface area contributed by atoms with E-state index in [0.29, 0.717) is 5.82 Å². The molecule has 5 nitrogen and oxygen atoms in total. The third kappa shape index (κ3) is 2.98. The molecule has 0 aromatic carbocycles. The van der Waals surface area contributed by atoms with Crippen molar-refractivity contribution in [3.05, 3.63) is 29.3 Å². The second-order valence-corrected chi connectivity index (χ2v) is 4.66. The maximum Gasteiger partial charge on any atom is 0.196 e. The Bertz CT molecular complexity index is 536. The van der Waals surface area contributed by atoms with Gasteiger partial charge in [0.15, 0.2) is 11.6 Å². The van der Waals surface area contributed by atoms with Crippen LogP contribution in [-0.4, -0.2) is 32.6 Å². The van der Waals surface area contributed by atoms with Gasteiger partial charge < -0.3 is 9.88 Å². The van der Waals surface area contributed by atoms with Crippen LogP contribution in [0.15, 0.2) is 12.4 Å². The van der Waals surface area contributed by atoms with Crippen LogP contribution in [0.25, 0.3) is 11.6 Å². The Morgan fingerprint density at radius 3 is 2.42 bits per heavy atom. The van der Waals surface area contributed by atoms with E-state index in [2.05, 4.69) is 27.2 Å². The van der Waals surface area contributed by atoms with Gasteiger partial charge >= 0.3 is 0 Å². The fourth-order valence-corrected chi connectivity index (χ4v) is 2.17. The highest BCUT2D eigenvalue weighted by Crippen LogP contribution is 2.17. The van der Waals surface area contributed by atoms with Crippen molar-refractivity contribution in [1.82, 2.24) is 24.8 Å². The summed E-state index contributed by atoms with van der Waals surface area (Å²) in [5, 5.41) is 3.33. The molecule has 0 aliphatic carbocycles. The van der Waals surface area contributed by atoms with Gasteiger partial charge in [0.25, 0.3) is 0 Å². The summed E-state index contributed by atoms with van der Waals surface area (Å²) in [6.45, 7) is 8.15. The fraction of sp³-hybridized carbons (Fsp3) is 0.500. The van der Waals surface area contributed by atoms with Gasteiger partial charge in [0.05, 0.1) is 0 Å². The van der Waals surface area contributed by atoms with E-state index in [1.54, 1.807) is 6.20 Å². The topological polar surface area (TPSA) is 55.6 Å². The number of hydrogen-bond acceptors (Lipinski definition) is 4. The monoisotopic (exact) mass is 259 g/mol. The van der Waals surface area contributed by atoms with Gasteiger partial charge in [0.1, 0.15) is 0 Å². The summed E-state index contributed by atoms with van der Waals surface area (Å²) in [5.74, 6) is 1.51. The van der Waals surface area contributed by atoms with Crippen molar-refractivity contribution < 1.29 is 0 Å². The molecule has 2 aromatic heterocycles. The molecule has 0 aliphatic heterocycles. The first kappa shape index (κ1) is 13.7. The summed E-state index contributed by atoms with van der Waals surface area (Å²) >= 11 is 0. The van der Waals surface area contributed by atoms with Gasteiger partial charge in [0, 0.05) is 30.8 Å². The SMILES string of the molecule is CCNCCc1c(C)nc(-c2nccn2C)nc1C. The predicted molar refractivity (Wildman–Crippen MR) is 76.0 cm³/mol. The van der Waals surface area contributed by atoms with Gasteiger partial charge in [-0.1, -0.05) is 6.92 Å². The molecule has 0 saturated heterocycles. The highest BCUT2D eigenvalue weighted by Gasteiger charge is 2.12. The van der Waals surface area contributed by atoms with Crippen molar-refractivity contribution in [2.75, 3.05) is 13.1 Å². The molecular formula is C14H21N5. The zero-order valence-corrected chi connectivity index (χ0v) is 12.1. The maximum absolute atomic E-state index is 4.59. The molecule has 0 spiro atoms. The zero-order chi connectivity index (χ0) is 13.8. The molecule has 2 rings (SSSR count). The van der Waals surface area contributed by atoms with Crippen molar-refractivity contribution in [2.24, 2.45) is 7.05 Å². The van der Waals surface area contributed by atoms with Gasteiger partial charge in [-0.25, -0.2) is 15.0 Å². The third-order valence-corrected chi connectivity index (χ3v) is 3.24. The van der Waals surface area contributed by atoms with Crippen LogP contribution in [0.1, 0.15) is 23.9 Å². The predicted octanol–water partition coefficient (Wildman–Crippen LogP) is 1.65. The second-order valence-electron chi connectivity index (χ2n) is 4.66. The van der Waals surface area contributed by atoms with E-state index in [4.69, 9.17) is 0 Å². The number of imidazole rings is 1. The molecule has 102 valence electrons. The van der Waals surface area contributed by atoms with Crippen LogP contribution in [0.2, 0.25) is 0 Å². The first-order chi connectivity index (χ1) is 9.13. The standard InChI is InChI=1S/C14H21N5/c1-5-15-7-6-12-10(2)17-13(18-11(12)3)14-16-8-9-19(14)4/h8-9,15H,5-7H2,1-4H3. The lowest BCUT2D eigenvalue weighted by Crippen LogP contribution is -2.18. The Kier molecular flexibility index (Phi) is 4.27. The molecule has 5 heteroatoms. The average molecular weight is 259 g/mol. The first-order valence-corrected chi connectivity index (χ1v) is 6.66. The van der Waals surface area contributed by atoms with Crippen LogP contribution in [0.3, 0.4) is 0 Å². The van der Waals surface area contributed by atoms with E-state index >= 15 is 0 Å². The number of nitrogens with one attached hydrogen (secondary N) is 1. The maximum atomic E-state index is 4.59. The molecule has 0 saturated carbocycles. The first-order valence-electron chi connectivity index (χ1n) is 6.66. The average Bonchev–Trinajstić information content (AvgIpc) is 2.79. The minimum atomic E-state index is 0.703. The smallest absolute Gasteiger partial charge is 0.196 e. The van der Waals surface area contributed by atoms with Crippen LogP contribution in [0.4, 0.5) is 0 Å². The summed E-state index contributed by atoms with van der Waals surface area (Å²) in [6, 6.07) is 0. The number of nitrogens with zero attached hydrogens (tertiary/aromatic N) is 4. The molecule has 0 amide bonds. The van der Waals surface area contributed by atoms with E-state index in [9.17, 15) is 0 Å². The highest BCUT2D eigenvalue weighted by molar-refractivity contribution is 5.46. The second kappa shape index (κ2) is 5.93. The lowest BCUT2D eigenvalue weighted by Gasteiger charge is -2.11. The Balaban J connectivity index is 2.29. The molecule has 2 aromatic rings. The number of hydrogen-bond donors (Lipinski definition) is 1. The number of rotatable bonds is 5. The molecular weight excluding hydrogens is 238 g/mol. The molecule has 0 bridgehead atoms. The number of aromatic nitrogens is 4. The van der Waals surface area contributed by atoms with Crippen LogP contribution in [0, 0.1) is 13.8 Å². The Labute approximate surface area is 114 Å². The summed E-state index contributed by atoms with van der Waals surface area (Å²) in [4.78, 5) is 13.5. The molecule has 0 atom stereocenters. The van der Waals surface area contributed by atoms with E-state index in [1.165, 1.54) is 5.56 Å². The molecule has 2 heterocycles. The van der Waals surface area contributed by atoms with Crippen LogP contribution < -0.4 is 5.32 Å². The summed E-state index contributed by atoms with van der Waals surface area (Å²) in [7, 11) is 1.95. The van der Waals surface area contributed by atoms with Crippen molar-refractivity contribution in [3.8, 4) is 11.6 Å². The highest BCUT2D eigenvalue weighted by atomic mass is 15.1. The Morgan fingerprint density at radius 2 is 1.89 bits per heavy atom. The van der Waals surface area contributed by atoms with Crippen LogP contribution in [-0.2, 0) is 13.5 Å². The van der Waals surface area contributed by atoms with Gasteiger partial charge in [-0.3, -0.25) is 0 Å². The van der Waals surface area contributed by atoms with Crippen molar-refractivity contribution >= 4 is 0 Å². The molecule has 0 fully saturated rings. The van der Waals surface area contributed by atoms with E-state index in [-0.39, 0.29) is 0 Å². The molecule has 0 unspecified atom stereocenters. The van der Waals surface area contributed by atoms with Crippen LogP contribution in [0.5, 0.6) is 0 Å². The third-order valence-electron chi connectivity index (χ3n) is 3.24. The van der Waals surface area contributed by atoms with E-state index in [0.717, 1.165) is 36.7 Å². The summed E-state index contributed by atoms with van der Waals surface area (Å²) in [6.07, 6.45) is 4.64. The minimum absolute atomic E-state index is 0.703. The van der Waals surface area contributed by atoms with Crippen LogP contribution >= 0.6 is 0 Å². The van der Waals surface area contributed by atoms with Crippen molar-refractivity contribution in [1.29, 1.82) is 0 Å². The van der Waals surface area contributed by atoms with Gasteiger partial charge in [-0.15, -0.1) is 0 Å². The van der Waals surface area contributed by atoms with Crippen molar-refractivity contribution in [3.63, 3.8) is 0 Å². The molecule has 1 N–H and O–H groups in total. The lowest BCUT2D eigenvalue weighted by molar-refractivity contribution is 0.707. The fourth-order valence-electron chi connectivity index (χ4n) is 2.17. The van der Waals surface area contributed by atoms with E-state index in [1.807, 2.05) is 31.7 Å². The normalized spacial score (nSPS) is 10.9. The molecule has 19 heavy (non-hydrogen) atoms. The summed E-state index contributed by atoms with van der Waals surface area (Å²) in [5.41, 5.74) is 3.32. The largest absolute Gasteiger partial charge is 0.331 e. The number of aryl methyl sites for hydroxylation is 3.